The van der Waals surface area contributed by atoms with Gasteiger partial charge in [0.2, 0.25) is 0 Å². The van der Waals surface area contributed by atoms with Gasteiger partial charge in [-0.25, -0.2) is 0 Å². The maximum Gasteiger partial charge on any atom is 0.282 e. The topological polar surface area (TPSA) is 25.2 Å². The Balaban J connectivity index is 2.21. The van der Waals surface area contributed by atoms with Crippen LogP contribution >= 0.6 is 0 Å². The molecular weight excluding hydrogens is 145 g/mol. The fourth-order valence-electron chi connectivity index (χ4n) is 1.50. The Morgan fingerprint density at radius 3 is 3.09 bits per heavy atom. The van der Waals surface area contributed by atoms with Gasteiger partial charge in [-0.1, -0.05) is 0 Å². The molecule has 0 aromatic carbocycles. The minimum Gasteiger partial charge on any atom is -0.439 e. The van der Waals surface area contributed by atoms with Crippen molar-refractivity contribution in [2.75, 3.05) is 6.54 Å². The summed E-state index contributed by atoms with van der Waals surface area (Å²) in [7, 11) is 0. The van der Waals surface area contributed by atoms with Gasteiger partial charge in [0.15, 0.2) is 0 Å². The van der Waals surface area contributed by atoms with E-state index in [1.807, 2.05) is 0 Å². The lowest BCUT2D eigenvalue weighted by molar-refractivity contribution is 0.346. The lowest BCUT2D eigenvalue weighted by Gasteiger charge is -2.05. The predicted octanol–water partition coefficient (Wildman–Crippen LogP) is 1.84. The molecule has 11 heavy (non-hydrogen) atoms. The van der Waals surface area contributed by atoms with Crippen LogP contribution in [0.3, 0.4) is 0 Å². The van der Waals surface area contributed by atoms with Crippen molar-refractivity contribution in [3.05, 3.63) is 23.9 Å². The average molecular weight is 155 g/mol. The van der Waals surface area contributed by atoms with Gasteiger partial charge < -0.3 is 9.73 Å². The quantitative estimate of drug-likeness (QED) is 0.669. The van der Waals surface area contributed by atoms with Gasteiger partial charge in [-0.05, 0) is 25.5 Å². The van der Waals surface area contributed by atoms with E-state index in [0.717, 1.165) is 19.4 Å². The summed E-state index contributed by atoms with van der Waals surface area (Å²) in [6.07, 6.45) is 3.52. The summed E-state index contributed by atoms with van der Waals surface area (Å²) in [5.74, 6) is 0. The molecule has 1 aliphatic heterocycles. The third kappa shape index (κ3) is 1.16. The normalized spacial score (nSPS) is 24.3. The van der Waals surface area contributed by atoms with Crippen LogP contribution in [0.25, 0.3) is 0 Å². The van der Waals surface area contributed by atoms with Gasteiger partial charge >= 0.3 is 0 Å². The molecule has 0 amide bonds. The van der Waals surface area contributed by atoms with Crippen LogP contribution in [0.5, 0.6) is 0 Å². The number of hydrogen-bond acceptors (Lipinski definition) is 2. The molecule has 2 nitrogen and oxygen atoms in total. The molecule has 0 saturated carbocycles. The Hall–Kier alpha value is -0.830. The zero-order chi connectivity index (χ0) is 7.68. The first-order chi connectivity index (χ1) is 5.38. The van der Waals surface area contributed by atoms with E-state index in [1.54, 1.807) is 6.07 Å². The highest BCUT2D eigenvalue weighted by atomic mass is 19.1. The second-order valence-electron chi connectivity index (χ2n) is 2.80. The molecule has 1 saturated heterocycles. The third-order valence-electron chi connectivity index (χ3n) is 2.08. The molecule has 1 fully saturated rings. The van der Waals surface area contributed by atoms with E-state index in [2.05, 4.69) is 9.73 Å². The minimum atomic E-state index is -0.440. The SMILES string of the molecule is Fc1occc1C1CCCN1. The lowest BCUT2D eigenvalue weighted by Crippen LogP contribution is -2.12. The largest absolute Gasteiger partial charge is 0.439 e. The minimum absolute atomic E-state index is 0.175. The fourth-order valence-corrected chi connectivity index (χ4v) is 1.50. The summed E-state index contributed by atoms with van der Waals surface area (Å²) in [5, 5.41) is 3.20. The van der Waals surface area contributed by atoms with Crippen LogP contribution in [0, 0.1) is 6.01 Å². The number of hydrogen-bond donors (Lipinski definition) is 1. The Morgan fingerprint density at radius 1 is 1.64 bits per heavy atom. The molecule has 3 heteroatoms. The zero-order valence-corrected chi connectivity index (χ0v) is 6.14. The van der Waals surface area contributed by atoms with Crippen molar-refractivity contribution in [2.24, 2.45) is 0 Å². The number of halogens is 1. The first kappa shape index (κ1) is 6.85. The molecule has 60 valence electrons. The number of nitrogens with one attached hydrogen (secondary N) is 1. The Bertz CT molecular complexity index is 240. The van der Waals surface area contributed by atoms with Gasteiger partial charge in [0, 0.05) is 11.6 Å². The summed E-state index contributed by atoms with van der Waals surface area (Å²) in [5.41, 5.74) is 0.669. The molecule has 0 bridgehead atoms. The molecule has 2 heterocycles. The molecule has 1 aromatic heterocycles. The van der Waals surface area contributed by atoms with E-state index in [-0.39, 0.29) is 6.04 Å². The molecule has 0 aliphatic carbocycles. The standard InChI is InChI=1S/C8H10FNO/c9-8-6(3-5-11-8)7-2-1-4-10-7/h3,5,7,10H,1-2,4H2. The van der Waals surface area contributed by atoms with Crippen molar-refractivity contribution in [2.45, 2.75) is 18.9 Å². The first-order valence-electron chi connectivity index (χ1n) is 3.84. The van der Waals surface area contributed by atoms with Crippen molar-refractivity contribution in [3.8, 4) is 0 Å². The second kappa shape index (κ2) is 2.66. The molecule has 1 N–H and O–H groups in total. The fraction of sp³-hybridized carbons (Fsp3) is 0.500. The monoisotopic (exact) mass is 155 g/mol. The van der Waals surface area contributed by atoms with Crippen LogP contribution in [0.4, 0.5) is 4.39 Å². The summed E-state index contributed by atoms with van der Waals surface area (Å²) < 4.78 is 17.4. The van der Waals surface area contributed by atoms with Gasteiger partial charge in [0.1, 0.15) is 0 Å². The first-order valence-corrected chi connectivity index (χ1v) is 3.84. The Kier molecular flexibility index (Phi) is 1.66. The van der Waals surface area contributed by atoms with Gasteiger partial charge in [0.05, 0.1) is 6.26 Å². The van der Waals surface area contributed by atoms with Crippen molar-refractivity contribution < 1.29 is 8.81 Å². The summed E-state index contributed by atoms with van der Waals surface area (Å²) in [6, 6.07) is 1.43. The van der Waals surface area contributed by atoms with Crippen LogP contribution in [0.1, 0.15) is 24.4 Å². The molecule has 2 rings (SSSR count). The Morgan fingerprint density at radius 2 is 2.55 bits per heavy atom. The predicted molar refractivity (Wildman–Crippen MR) is 38.6 cm³/mol. The third-order valence-corrected chi connectivity index (χ3v) is 2.08. The highest BCUT2D eigenvalue weighted by molar-refractivity contribution is 5.14. The van der Waals surface area contributed by atoms with Crippen molar-refractivity contribution in [3.63, 3.8) is 0 Å². The van der Waals surface area contributed by atoms with E-state index < -0.39 is 6.01 Å². The van der Waals surface area contributed by atoms with Crippen LogP contribution in [0.15, 0.2) is 16.7 Å². The number of furan rings is 1. The molecule has 1 aliphatic rings. The summed E-state index contributed by atoms with van der Waals surface area (Å²) in [4.78, 5) is 0. The zero-order valence-electron chi connectivity index (χ0n) is 6.14. The molecule has 0 spiro atoms. The highest BCUT2D eigenvalue weighted by Crippen LogP contribution is 2.25. The lowest BCUT2D eigenvalue weighted by atomic mass is 10.1. The van der Waals surface area contributed by atoms with Crippen LogP contribution < -0.4 is 5.32 Å². The molecular formula is C8H10FNO. The molecule has 1 unspecified atom stereocenters. The van der Waals surface area contributed by atoms with E-state index >= 15 is 0 Å². The van der Waals surface area contributed by atoms with Crippen LogP contribution in [-0.2, 0) is 0 Å². The van der Waals surface area contributed by atoms with Crippen molar-refractivity contribution in [1.29, 1.82) is 0 Å². The van der Waals surface area contributed by atoms with Crippen LogP contribution in [-0.4, -0.2) is 6.54 Å². The molecule has 1 atom stereocenters. The van der Waals surface area contributed by atoms with E-state index in [9.17, 15) is 4.39 Å². The van der Waals surface area contributed by atoms with Gasteiger partial charge in [-0.2, -0.15) is 4.39 Å². The highest BCUT2D eigenvalue weighted by Gasteiger charge is 2.20. The van der Waals surface area contributed by atoms with E-state index in [4.69, 9.17) is 0 Å². The Labute approximate surface area is 64.4 Å². The summed E-state index contributed by atoms with van der Waals surface area (Å²) >= 11 is 0. The molecule has 0 radical (unpaired) electrons. The van der Waals surface area contributed by atoms with E-state index in [1.165, 1.54) is 6.26 Å². The van der Waals surface area contributed by atoms with Crippen LogP contribution in [0.2, 0.25) is 0 Å². The second-order valence-corrected chi connectivity index (χ2v) is 2.80. The van der Waals surface area contributed by atoms with Gasteiger partial charge in [-0.3, -0.25) is 0 Å². The van der Waals surface area contributed by atoms with Crippen molar-refractivity contribution >= 4 is 0 Å². The number of rotatable bonds is 1. The molecule has 1 aromatic rings. The summed E-state index contributed by atoms with van der Waals surface area (Å²) in [6.45, 7) is 0.981. The van der Waals surface area contributed by atoms with Crippen molar-refractivity contribution in [1.82, 2.24) is 5.32 Å². The maximum atomic E-state index is 12.8. The smallest absolute Gasteiger partial charge is 0.282 e. The van der Waals surface area contributed by atoms with E-state index in [0.29, 0.717) is 5.56 Å². The maximum absolute atomic E-state index is 12.8. The average Bonchev–Trinajstić information content (AvgIpc) is 2.55. The van der Waals surface area contributed by atoms with Gasteiger partial charge in [-0.15, -0.1) is 0 Å². The van der Waals surface area contributed by atoms with Gasteiger partial charge in [0.25, 0.3) is 6.01 Å².